The largest absolute Gasteiger partial charge is 0.495 e. The minimum atomic E-state index is -0.172. The number of hydrogen-bond donors (Lipinski definition) is 3. The number of nitrogen functional groups attached to an aromatic ring is 1. The average molecular weight is 236 g/mol. The van der Waals surface area contributed by atoms with Gasteiger partial charge in [0.15, 0.2) is 0 Å². The molecule has 94 valence electrons. The lowest BCUT2D eigenvalue weighted by atomic mass is 10.1. The number of aliphatic hydroxyl groups excluding tert-OH is 1. The average Bonchev–Trinajstić information content (AvgIpc) is 2.74. The van der Waals surface area contributed by atoms with E-state index in [9.17, 15) is 5.11 Å². The number of nitrogens with one attached hydrogen (secondary N) is 1. The molecule has 0 bridgehead atoms. The zero-order valence-corrected chi connectivity index (χ0v) is 10.1. The molecule has 1 aromatic carbocycles. The number of nitrogens with two attached hydrogens (primary N) is 1. The maximum absolute atomic E-state index is 9.74. The first-order valence-electron chi connectivity index (χ1n) is 6.06. The third-order valence-corrected chi connectivity index (χ3v) is 3.46. The Morgan fingerprint density at radius 2 is 2.29 bits per heavy atom. The van der Waals surface area contributed by atoms with E-state index in [1.54, 1.807) is 7.11 Å². The number of anilines is 2. The third-order valence-electron chi connectivity index (χ3n) is 3.46. The molecule has 0 radical (unpaired) electrons. The minimum Gasteiger partial charge on any atom is -0.495 e. The predicted molar refractivity (Wildman–Crippen MR) is 69.2 cm³/mol. The number of aliphatic hydroxyl groups is 1. The summed E-state index contributed by atoms with van der Waals surface area (Å²) in [6.45, 7) is 0.762. The van der Waals surface area contributed by atoms with Gasteiger partial charge in [-0.3, -0.25) is 0 Å². The summed E-state index contributed by atoms with van der Waals surface area (Å²) in [6, 6.07) is 5.67. The summed E-state index contributed by atoms with van der Waals surface area (Å²) in [6.07, 6.45) is 2.94. The van der Waals surface area contributed by atoms with Gasteiger partial charge in [0.05, 0.1) is 24.6 Å². The van der Waals surface area contributed by atoms with Gasteiger partial charge in [0.2, 0.25) is 0 Å². The van der Waals surface area contributed by atoms with Crippen molar-refractivity contribution in [3.8, 4) is 5.75 Å². The van der Waals surface area contributed by atoms with Gasteiger partial charge < -0.3 is 20.9 Å². The molecule has 4 N–H and O–H groups in total. The van der Waals surface area contributed by atoms with E-state index >= 15 is 0 Å². The van der Waals surface area contributed by atoms with Gasteiger partial charge in [-0.2, -0.15) is 0 Å². The number of ether oxygens (including phenoxy) is 1. The SMILES string of the molecule is COc1cccc(NCC2CCCC2O)c1N. The first-order chi connectivity index (χ1) is 8.22. The quantitative estimate of drug-likeness (QED) is 0.698. The van der Waals surface area contributed by atoms with Gasteiger partial charge in [-0.15, -0.1) is 0 Å². The molecule has 0 amide bonds. The van der Waals surface area contributed by atoms with E-state index in [-0.39, 0.29) is 6.10 Å². The minimum absolute atomic E-state index is 0.172. The Balaban J connectivity index is 1.99. The normalized spacial score (nSPS) is 23.6. The predicted octanol–water partition coefficient (Wildman–Crippen LogP) is 1.85. The molecule has 1 fully saturated rings. The van der Waals surface area contributed by atoms with E-state index in [0.717, 1.165) is 31.5 Å². The molecule has 0 aliphatic heterocycles. The molecule has 1 aromatic rings. The Labute approximate surface area is 102 Å². The molecule has 17 heavy (non-hydrogen) atoms. The van der Waals surface area contributed by atoms with E-state index in [2.05, 4.69) is 5.32 Å². The lowest BCUT2D eigenvalue weighted by Gasteiger charge is -2.17. The fraction of sp³-hybridized carbons (Fsp3) is 0.538. The summed E-state index contributed by atoms with van der Waals surface area (Å²) < 4.78 is 5.16. The first-order valence-corrected chi connectivity index (χ1v) is 6.06. The molecule has 1 saturated carbocycles. The standard InChI is InChI=1S/C13H20N2O2/c1-17-12-7-3-5-10(13(12)14)15-8-9-4-2-6-11(9)16/h3,5,7,9,11,15-16H,2,4,6,8,14H2,1H3. The summed E-state index contributed by atoms with van der Waals surface area (Å²) in [5.74, 6) is 1.02. The van der Waals surface area contributed by atoms with Gasteiger partial charge in [-0.05, 0) is 25.0 Å². The van der Waals surface area contributed by atoms with Gasteiger partial charge in [-0.1, -0.05) is 12.5 Å². The van der Waals surface area contributed by atoms with Crippen LogP contribution in [0.5, 0.6) is 5.75 Å². The molecule has 2 unspecified atom stereocenters. The lowest BCUT2D eigenvalue weighted by molar-refractivity contribution is 0.138. The molecule has 0 saturated heterocycles. The van der Waals surface area contributed by atoms with Crippen molar-refractivity contribution >= 4 is 11.4 Å². The molecule has 0 spiro atoms. The molecule has 1 aliphatic carbocycles. The summed E-state index contributed by atoms with van der Waals surface area (Å²) >= 11 is 0. The maximum atomic E-state index is 9.74. The van der Waals surface area contributed by atoms with Crippen LogP contribution >= 0.6 is 0 Å². The highest BCUT2D eigenvalue weighted by molar-refractivity contribution is 5.72. The van der Waals surface area contributed by atoms with Crippen molar-refractivity contribution in [2.45, 2.75) is 25.4 Å². The highest BCUT2D eigenvalue weighted by atomic mass is 16.5. The second-order valence-corrected chi connectivity index (χ2v) is 4.56. The van der Waals surface area contributed by atoms with Crippen molar-refractivity contribution in [1.29, 1.82) is 0 Å². The second kappa shape index (κ2) is 5.27. The Kier molecular flexibility index (Phi) is 3.74. The number of rotatable bonds is 4. The number of methoxy groups -OCH3 is 1. The van der Waals surface area contributed by atoms with E-state index < -0.39 is 0 Å². The maximum Gasteiger partial charge on any atom is 0.143 e. The van der Waals surface area contributed by atoms with Crippen molar-refractivity contribution in [2.24, 2.45) is 5.92 Å². The van der Waals surface area contributed by atoms with Crippen molar-refractivity contribution in [2.75, 3.05) is 24.7 Å². The van der Waals surface area contributed by atoms with Gasteiger partial charge in [-0.25, -0.2) is 0 Å². The molecular formula is C13H20N2O2. The van der Waals surface area contributed by atoms with Gasteiger partial charge in [0.25, 0.3) is 0 Å². The third kappa shape index (κ3) is 2.64. The highest BCUT2D eigenvalue weighted by Gasteiger charge is 2.24. The fourth-order valence-electron chi connectivity index (χ4n) is 2.37. The Hall–Kier alpha value is -1.42. The Morgan fingerprint density at radius 1 is 1.47 bits per heavy atom. The molecule has 0 heterocycles. The molecule has 2 rings (SSSR count). The Morgan fingerprint density at radius 3 is 2.94 bits per heavy atom. The van der Waals surface area contributed by atoms with Crippen molar-refractivity contribution in [3.05, 3.63) is 18.2 Å². The van der Waals surface area contributed by atoms with Crippen molar-refractivity contribution < 1.29 is 9.84 Å². The van der Waals surface area contributed by atoms with Crippen LogP contribution < -0.4 is 15.8 Å². The summed E-state index contributed by atoms with van der Waals surface area (Å²) in [4.78, 5) is 0. The molecule has 2 atom stereocenters. The molecule has 1 aliphatic rings. The van der Waals surface area contributed by atoms with Gasteiger partial charge in [0.1, 0.15) is 5.75 Å². The highest BCUT2D eigenvalue weighted by Crippen LogP contribution is 2.31. The summed E-state index contributed by atoms with van der Waals surface area (Å²) in [5.41, 5.74) is 7.47. The van der Waals surface area contributed by atoms with E-state index in [4.69, 9.17) is 10.5 Å². The fourth-order valence-corrected chi connectivity index (χ4v) is 2.37. The molecule has 4 heteroatoms. The summed E-state index contributed by atoms with van der Waals surface area (Å²) in [5, 5.41) is 13.0. The van der Waals surface area contributed by atoms with E-state index in [1.807, 2.05) is 18.2 Å². The zero-order chi connectivity index (χ0) is 12.3. The van der Waals surface area contributed by atoms with Crippen LogP contribution in [0.4, 0.5) is 11.4 Å². The van der Waals surface area contributed by atoms with Crippen LogP contribution in [0.2, 0.25) is 0 Å². The topological polar surface area (TPSA) is 67.5 Å². The summed E-state index contributed by atoms with van der Waals surface area (Å²) in [7, 11) is 1.61. The smallest absolute Gasteiger partial charge is 0.143 e. The van der Waals surface area contributed by atoms with Crippen LogP contribution in [0.15, 0.2) is 18.2 Å². The van der Waals surface area contributed by atoms with Crippen LogP contribution in [-0.2, 0) is 0 Å². The van der Waals surface area contributed by atoms with E-state index in [0.29, 0.717) is 17.4 Å². The first kappa shape index (κ1) is 12.0. The van der Waals surface area contributed by atoms with E-state index in [1.165, 1.54) is 0 Å². The molecular weight excluding hydrogens is 216 g/mol. The monoisotopic (exact) mass is 236 g/mol. The zero-order valence-electron chi connectivity index (χ0n) is 10.1. The van der Waals surface area contributed by atoms with Gasteiger partial charge >= 0.3 is 0 Å². The van der Waals surface area contributed by atoms with Gasteiger partial charge in [0, 0.05) is 12.5 Å². The number of hydrogen-bond acceptors (Lipinski definition) is 4. The molecule has 0 aromatic heterocycles. The number of para-hydroxylation sites is 1. The van der Waals surface area contributed by atoms with Crippen molar-refractivity contribution in [3.63, 3.8) is 0 Å². The number of benzene rings is 1. The van der Waals surface area contributed by atoms with Crippen LogP contribution in [-0.4, -0.2) is 24.9 Å². The van der Waals surface area contributed by atoms with Crippen molar-refractivity contribution in [1.82, 2.24) is 0 Å². The molecule has 4 nitrogen and oxygen atoms in total. The van der Waals surface area contributed by atoms with Crippen LogP contribution in [0.25, 0.3) is 0 Å². The Bertz CT molecular complexity index is 382. The lowest BCUT2D eigenvalue weighted by Crippen LogP contribution is -2.22. The van der Waals surface area contributed by atoms with Crippen LogP contribution in [0, 0.1) is 5.92 Å². The second-order valence-electron chi connectivity index (χ2n) is 4.56. The van der Waals surface area contributed by atoms with Crippen LogP contribution in [0.1, 0.15) is 19.3 Å². The van der Waals surface area contributed by atoms with Crippen LogP contribution in [0.3, 0.4) is 0 Å².